The number of likely N-dealkylation sites (N-methyl/N-ethyl adjacent to an activating group) is 1. The lowest BCUT2D eigenvalue weighted by Gasteiger charge is -2.27. The number of ketones is 1. The molecule has 4 atom stereocenters. The molecule has 0 bridgehead atoms. The van der Waals surface area contributed by atoms with Gasteiger partial charge in [-0.1, -0.05) is 44.2 Å². The van der Waals surface area contributed by atoms with Gasteiger partial charge in [0.2, 0.25) is 0 Å². The highest BCUT2D eigenvalue weighted by Crippen LogP contribution is 2.19. The van der Waals surface area contributed by atoms with Gasteiger partial charge in [0.25, 0.3) is 0 Å². The average molecular weight is 433 g/mol. The average Bonchev–Trinajstić information content (AvgIpc) is 2.73. The molecule has 1 heterocycles. The van der Waals surface area contributed by atoms with E-state index in [0.29, 0.717) is 25.4 Å². The van der Waals surface area contributed by atoms with Crippen molar-refractivity contribution in [1.82, 2.24) is 9.80 Å². The molecule has 6 nitrogen and oxygen atoms in total. The highest BCUT2D eigenvalue weighted by molar-refractivity contribution is 5.99. The van der Waals surface area contributed by atoms with E-state index in [4.69, 9.17) is 4.74 Å². The van der Waals surface area contributed by atoms with Crippen molar-refractivity contribution in [2.75, 3.05) is 39.8 Å². The van der Waals surface area contributed by atoms with Crippen LogP contribution in [0.25, 0.3) is 0 Å². The molecule has 31 heavy (non-hydrogen) atoms. The number of esters is 1. The van der Waals surface area contributed by atoms with Gasteiger partial charge in [0.05, 0.1) is 12.7 Å². The second-order valence-corrected chi connectivity index (χ2v) is 9.30. The first-order valence-electron chi connectivity index (χ1n) is 11.6. The van der Waals surface area contributed by atoms with Crippen LogP contribution in [0.5, 0.6) is 0 Å². The van der Waals surface area contributed by atoms with E-state index < -0.39 is 18.0 Å². The van der Waals surface area contributed by atoms with Crippen molar-refractivity contribution in [3.05, 3.63) is 35.9 Å². The van der Waals surface area contributed by atoms with E-state index in [9.17, 15) is 14.7 Å². The summed E-state index contributed by atoms with van der Waals surface area (Å²) < 4.78 is 5.40. The fourth-order valence-electron chi connectivity index (χ4n) is 4.34. The minimum atomic E-state index is -0.790. The number of cyclic esters (lactones) is 1. The van der Waals surface area contributed by atoms with Gasteiger partial charge in [-0.15, -0.1) is 0 Å². The first kappa shape index (κ1) is 25.5. The molecule has 0 radical (unpaired) electrons. The number of nitrogens with zero attached hydrogens (tertiary/aromatic N) is 2. The topological polar surface area (TPSA) is 70.1 Å². The maximum Gasteiger partial charge on any atom is 0.316 e. The minimum Gasteiger partial charge on any atom is -0.465 e. The zero-order chi connectivity index (χ0) is 22.8. The predicted octanol–water partition coefficient (Wildman–Crippen LogP) is 2.99. The normalized spacial score (nSPS) is 29.3. The van der Waals surface area contributed by atoms with Gasteiger partial charge in [-0.3, -0.25) is 14.5 Å². The first-order chi connectivity index (χ1) is 14.8. The molecule has 174 valence electrons. The second kappa shape index (κ2) is 12.9. The first-order valence-corrected chi connectivity index (χ1v) is 11.6. The van der Waals surface area contributed by atoms with Gasteiger partial charge < -0.3 is 14.7 Å². The Labute approximate surface area is 187 Å². The van der Waals surface area contributed by atoms with Crippen LogP contribution < -0.4 is 0 Å². The van der Waals surface area contributed by atoms with Crippen LogP contribution in [-0.4, -0.2) is 72.6 Å². The third kappa shape index (κ3) is 9.09. The van der Waals surface area contributed by atoms with E-state index in [-0.39, 0.29) is 11.7 Å². The van der Waals surface area contributed by atoms with Gasteiger partial charge in [0.1, 0.15) is 11.7 Å². The number of carbonyl (C=O) groups excluding carboxylic acids is 2. The largest absolute Gasteiger partial charge is 0.465 e. The molecule has 1 aliphatic rings. The standard InChI is InChI=1S/C25H40N2O4/c1-19-15-23(28)16-20(2)24(29)21(3)25(30)31-14-8-11-27(13-12-26(4)17-19)18-22-9-6-5-7-10-22/h5-7,9-10,19-21,23,28H,8,11-18H2,1-4H3/t19-,20-,21-,23-/m1/s1. The highest BCUT2D eigenvalue weighted by Gasteiger charge is 2.29. The van der Waals surface area contributed by atoms with Crippen molar-refractivity contribution >= 4 is 11.8 Å². The van der Waals surface area contributed by atoms with Crippen molar-refractivity contribution in [2.45, 2.75) is 52.7 Å². The molecule has 1 aromatic rings. The quantitative estimate of drug-likeness (QED) is 0.572. The van der Waals surface area contributed by atoms with Crippen LogP contribution in [0.2, 0.25) is 0 Å². The third-order valence-electron chi connectivity index (χ3n) is 6.10. The second-order valence-electron chi connectivity index (χ2n) is 9.30. The van der Waals surface area contributed by atoms with E-state index >= 15 is 0 Å². The Bertz CT molecular complexity index is 681. The Hall–Kier alpha value is -1.76. The van der Waals surface area contributed by atoms with Crippen molar-refractivity contribution in [1.29, 1.82) is 0 Å². The number of rotatable bonds is 2. The maximum absolute atomic E-state index is 12.6. The summed E-state index contributed by atoms with van der Waals surface area (Å²) in [5.74, 6) is -1.44. The summed E-state index contributed by atoms with van der Waals surface area (Å²) >= 11 is 0. The summed E-state index contributed by atoms with van der Waals surface area (Å²) in [5, 5.41) is 10.5. The summed E-state index contributed by atoms with van der Waals surface area (Å²) in [7, 11) is 2.12. The number of hydrogen-bond donors (Lipinski definition) is 1. The number of benzene rings is 1. The van der Waals surface area contributed by atoms with Gasteiger partial charge in [0.15, 0.2) is 0 Å². The van der Waals surface area contributed by atoms with Crippen LogP contribution in [-0.2, 0) is 20.9 Å². The molecule has 1 saturated heterocycles. The number of hydrogen-bond acceptors (Lipinski definition) is 6. The number of aliphatic hydroxyl groups is 1. The van der Waals surface area contributed by atoms with Crippen LogP contribution in [0, 0.1) is 17.8 Å². The lowest BCUT2D eigenvalue weighted by atomic mass is 9.88. The van der Waals surface area contributed by atoms with Crippen molar-refractivity contribution < 1.29 is 19.4 Å². The van der Waals surface area contributed by atoms with Gasteiger partial charge in [-0.25, -0.2) is 0 Å². The van der Waals surface area contributed by atoms with Gasteiger partial charge >= 0.3 is 5.97 Å². The van der Waals surface area contributed by atoms with Crippen molar-refractivity contribution in [2.24, 2.45) is 17.8 Å². The molecule has 0 amide bonds. The number of aliphatic hydroxyl groups excluding tert-OH is 1. The molecular formula is C25H40N2O4. The van der Waals surface area contributed by atoms with E-state index in [2.05, 4.69) is 48.0 Å². The molecule has 2 rings (SSSR count). The van der Waals surface area contributed by atoms with E-state index in [1.54, 1.807) is 13.8 Å². The highest BCUT2D eigenvalue weighted by atomic mass is 16.5. The number of ether oxygens (including phenoxy) is 1. The molecule has 1 aliphatic heterocycles. The van der Waals surface area contributed by atoms with Crippen LogP contribution in [0.1, 0.15) is 45.6 Å². The lowest BCUT2D eigenvalue weighted by molar-refractivity contribution is -0.152. The smallest absolute Gasteiger partial charge is 0.316 e. The summed E-state index contributed by atoms with van der Waals surface area (Å²) in [6.07, 6.45) is 1.22. The predicted molar refractivity (Wildman–Crippen MR) is 123 cm³/mol. The monoisotopic (exact) mass is 432 g/mol. The number of carbonyl (C=O) groups is 2. The van der Waals surface area contributed by atoms with Crippen molar-refractivity contribution in [3.8, 4) is 0 Å². The fourth-order valence-corrected chi connectivity index (χ4v) is 4.34. The van der Waals surface area contributed by atoms with E-state index in [1.807, 2.05) is 6.07 Å². The molecule has 1 N–H and O–H groups in total. The van der Waals surface area contributed by atoms with Gasteiger partial charge in [-0.05, 0) is 44.7 Å². The molecule has 0 saturated carbocycles. The van der Waals surface area contributed by atoms with Gasteiger partial charge in [-0.2, -0.15) is 0 Å². The van der Waals surface area contributed by atoms with Crippen LogP contribution in [0.4, 0.5) is 0 Å². The molecule has 0 spiro atoms. The molecular weight excluding hydrogens is 392 g/mol. The molecule has 1 aromatic carbocycles. The molecule has 0 unspecified atom stereocenters. The Morgan fingerprint density at radius 1 is 1.03 bits per heavy atom. The van der Waals surface area contributed by atoms with Crippen molar-refractivity contribution in [3.63, 3.8) is 0 Å². The summed E-state index contributed by atoms with van der Waals surface area (Å²) in [4.78, 5) is 29.6. The summed E-state index contributed by atoms with van der Waals surface area (Å²) in [5.41, 5.74) is 1.26. The zero-order valence-corrected chi connectivity index (χ0v) is 19.6. The SMILES string of the molecule is C[C@@H]1C[C@@H](O)C[C@@H](C)C(=O)[C@@H](C)C(=O)OCCCN(Cc2ccccc2)CCN(C)C1. The lowest BCUT2D eigenvalue weighted by Crippen LogP contribution is -2.36. The van der Waals surface area contributed by atoms with Gasteiger partial charge in [0, 0.05) is 38.6 Å². The fraction of sp³-hybridized carbons (Fsp3) is 0.680. The molecule has 6 heteroatoms. The summed E-state index contributed by atoms with van der Waals surface area (Å²) in [6.45, 7) is 10.3. The van der Waals surface area contributed by atoms with Crippen LogP contribution in [0.15, 0.2) is 30.3 Å². The maximum atomic E-state index is 12.6. The molecule has 1 fully saturated rings. The number of Topliss-reactive ketones (excluding diaryl/α,β-unsaturated/α-hetero) is 1. The third-order valence-corrected chi connectivity index (χ3v) is 6.10. The zero-order valence-electron chi connectivity index (χ0n) is 19.6. The minimum absolute atomic E-state index is 0.149. The molecule has 0 aliphatic carbocycles. The summed E-state index contributed by atoms with van der Waals surface area (Å²) in [6, 6.07) is 10.4. The van der Waals surface area contributed by atoms with E-state index in [0.717, 1.165) is 39.1 Å². The Kier molecular flexibility index (Phi) is 10.6. The Morgan fingerprint density at radius 3 is 2.45 bits per heavy atom. The van der Waals surface area contributed by atoms with Crippen LogP contribution in [0.3, 0.4) is 0 Å². The Balaban J connectivity index is 2.06. The molecule has 0 aromatic heterocycles. The Morgan fingerprint density at radius 2 is 1.74 bits per heavy atom. The van der Waals surface area contributed by atoms with E-state index in [1.165, 1.54) is 5.56 Å². The van der Waals surface area contributed by atoms with Crippen LogP contribution >= 0.6 is 0 Å².